The Morgan fingerprint density at radius 1 is 0.469 bits per heavy atom. The van der Waals surface area contributed by atoms with Crippen LogP contribution in [0.2, 0.25) is 13.1 Å². The van der Waals surface area contributed by atoms with Gasteiger partial charge in [-0.1, -0.05) is 134 Å². The van der Waals surface area contributed by atoms with E-state index < -0.39 is 8.07 Å². The van der Waals surface area contributed by atoms with E-state index in [0.29, 0.717) is 0 Å². The van der Waals surface area contributed by atoms with E-state index >= 15 is 0 Å². The summed E-state index contributed by atoms with van der Waals surface area (Å²) >= 11 is 1.90. The van der Waals surface area contributed by atoms with Crippen molar-refractivity contribution >= 4 is 47.3 Å². The lowest BCUT2D eigenvalue weighted by atomic mass is 10.0. The lowest BCUT2D eigenvalue weighted by Crippen LogP contribution is -2.56. The highest BCUT2D eigenvalue weighted by Crippen LogP contribution is 2.50. The zero-order valence-electron chi connectivity index (χ0n) is 27.3. The van der Waals surface area contributed by atoms with Gasteiger partial charge in [-0.3, -0.25) is 0 Å². The molecule has 0 amide bonds. The van der Waals surface area contributed by atoms with E-state index in [1.54, 1.807) is 0 Å². The van der Waals surface area contributed by atoms with E-state index in [2.05, 4.69) is 145 Å². The summed E-state index contributed by atoms with van der Waals surface area (Å²) in [6.07, 6.45) is 0. The Morgan fingerprint density at radius 3 is 1.80 bits per heavy atom. The molecule has 2 heterocycles. The summed E-state index contributed by atoms with van der Waals surface area (Å²) in [5.74, 6) is 2.92. The lowest BCUT2D eigenvalue weighted by Gasteiger charge is -2.36. The minimum atomic E-state index is -1.93. The Bertz CT molecular complexity index is 2340. The number of hydrogen-bond acceptors (Lipinski definition) is 4. The van der Waals surface area contributed by atoms with Crippen molar-refractivity contribution in [2.45, 2.75) is 22.9 Å². The molecule has 2 aliphatic heterocycles. The number of anilines is 3. The molecule has 0 aromatic heterocycles. The van der Waals surface area contributed by atoms with Crippen LogP contribution in [0, 0.1) is 0 Å². The maximum Gasteiger partial charge on any atom is 0.177 e. The fourth-order valence-corrected chi connectivity index (χ4v) is 12.6. The van der Waals surface area contributed by atoms with Gasteiger partial charge in [0.2, 0.25) is 0 Å². The molecular weight excluding hydrogens is 635 g/mol. The fourth-order valence-electron chi connectivity index (χ4n) is 7.05. The number of benzene rings is 7. The summed E-state index contributed by atoms with van der Waals surface area (Å²) in [7, 11) is -1.93. The summed E-state index contributed by atoms with van der Waals surface area (Å²) in [6.45, 7) is 4.96. The molecule has 5 heteroatoms. The molecule has 9 rings (SSSR count). The molecule has 7 aromatic carbocycles. The van der Waals surface area contributed by atoms with Crippen LogP contribution < -0.4 is 24.7 Å². The predicted molar refractivity (Wildman–Crippen MR) is 206 cm³/mol. The Hall–Kier alpha value is -5.49. The molecule has 7 aromatic rings. The maximum absolute atomic E-state index is 6.40. The van der Waals surface area contributed by atoms with Gasteiger partial charge in [-0.15, -0.1) is 0 Å². The number of rotatable bonds is 5. The Labute approximate surface area is 292 Å². The second-order valence-corrected chi connectivity index (χ2v) is 18.3. The van der Waals surface area contributed by atoms with Gasteiger partial charge in [-0.25, -0.2) is 0 Å². The summed E-state index contributed by atoms with van der Waals surface area (Å²) < 4.78 is 12.6. The first-order chi connectivity index (χ1) is 24.0. The molecule has 3 nitrogen and oxygen atoms in total. The molecular formula is C44H33NO2SSi. The average molecular weight is 668 g/mol. The van der Waals surface area contributed by atoms with Gasteiger partial charge in [0.25, 0.3) is 0 Å². The first-order valence-electron chi connectivity index (χ1n) is 16.6. The molecule has 0 fully saturated rings. The average Bonchev–Trinajstić information content (AvgIpc) is 3.15. The highest BCUT2D eigenvalue weighted by molar-refractivity contribution is 8.00. The third kappa shape index (κ3) is 5.14. The summed E-state index contributed by atoms with van der Waals surface area (Å²) in [4.78, 5) is 5.13. The van der Waals surface area contributed by atoms with E-state index in [-0.39, 0.29) is 0 Å². The highest BCUT2D eigenvalue weighted by atomic mass is 32.2. The zero-order chi connectivity index (χ0) is 33.0. The number of para-hydroxylation sites is 3. The quantitative estimate of drug-likeness (QED) is 0.170. The molecule has 236 valence electrons. The number of hydrogen-bond donors (Lipinski definition) is 0. The smallest absolute Gasteiger partial charge is 0.177 e. The minimum absolute atomic E-state index is 0.723. The summed E-state index contributed by atoms with van der Waals surface area (Å²) in [6, 6.07) is 58.1. The van der Waals surface area contributed by atoms with Gasteiger partial charge in [0.15, 0.2) is 23.0 Å². The monoisotopic (exact) mass is 667 g/mol. The normalized spacial score (nSPS) is 13.5. The van der Waals surface area contributed by atoms with E-state index in [4.69, 9.17) is 9.47 Å². The van der Waals surface area contributed by atoms with Crippen molar-refractivity contribution in [1.29, 1.82) is 0 Å². The lowest BCUT2D eigenvalue weighted by molar-refractivity contribution is 0.361. The van der Waals surface area contributed by atoms with Crippen molar-refractivity contribution in [2.24, 2.45) is 0 Å². The zero-order valence-corrected chi connectivity index (χ0v) is 29.1. The van der Waals surface area contributed by atoms with Gasteiger partial charge >= 0.3 is 0 Å². The standard InChI is InChI=1S/C44H33NO2SSi/c1-49(2)41-20-9-8-19-40(41)48-44-36(15-11-21-42(44)49)45(33-26-22-31(23-27-33)30-12-4-3-5-13-30)34-28-24-32(25-29-34)35-14-10-18-39-43(35)47-38-17-7-6-16-37(38)46-39/h3-29H,1-2H3. The van der Waals surface area contributed by atoms with Crippen molar-refractivity contribution in [2.75, 3.05) is 4.90 Å². The van der Waals surface area contributed by atoms with Crippen molar-refractivity contribution in [3.8, 4) is 45.3 Å². The topological polar surface area (TPSA) is 21.7 Å². The molecule has 0 N–H and O–H groups in total. The van der Waals surface area contributed by atoms with Crippen LogP contribution in [0.25, 0.3) is 22.3 Å². The van der Waals surface area contributed by atoms with Gasteiger partial charge in [0.05, 0.1) is 5.69 Å². The largest absolute Gasteiger partial charge is 0.449 e. The van der Waals surface area contributed by atoms with Crippen LogP contribution in [0.15, 0.2) is 174 Å². The molecule has 49 heavy (non-hydrogen) atoms. The number of fused-ring (bicyclic) bond motifs is 4. The molecule has 2 aliphatic rings. The summed E-state index contributed by atoms with van der Waals surface area (Å²) in [5, 5.41) is 2.98. The predicted octanol–water partition coefficient (Wildman–Crippen LogP) is 11.7. The van der Waals surface area contributed by atoms with E-state index in [0.717, 1.165) is 45.5 Å². The fraction of sp³-hybridized carbons (Fsp3) is 0.0455. The van der Waals surface area contributed by atoms with Crippen molar-refractivity contribution in [1.82, 2.24) is 0 Å². The van der Waals surface area contributed by atoms with Crippen LogP contribution in [0.4, 0.5) is 17.1 Å². The molecule has 0 saturated carbocycles. The number of ether oxygens (including phenoxy) is 2. The van der Waals surface area contributed by atoms with Gasteiger partial charge in [-0.05, 0) is 81.7 Å². The molecule has 0 saturated heterocycles. The van der Waals surface area contributed by atoms with Gasteiger partial charge in [0, 0.05) is 26.7 Å². The second kappa shape index (κ2) is 11.9. The molecule has 0 aliphatic carbocycles. The molecule has 0 bridgehead atoms. The van der Waals surface area contributed by atoms with Crippen molar-refractivity contribution in [3.05, 3.63) is 164 Å². The third-order valence-electron chi connectivity index (χ3n) is 9.61. The van der Waals surface area contributed by atoms with E-state index in [1.807, 2.05) is 48.2 Å². The van der Waals surface area contributed by atoms with E-state index in [9.17, 15) is 0 Å². The van der Waals surface area contributed by atoms with Crippen molar-refractivity contribution in [3.63, 3.8) is 0 Å². The van der Waals surface area contributed by atoms with Gasteiger partial charge < -0.3 is 14.4 Å². The SMILES string of the molecule is C[Si]1(C)c2ccccc2Sc2c(N(c3ccc(-c4ccccc4)cc3)c3ccc(-c4cccc5c4Oc4ccccc4O5)cc3)cccc21. The Morgan fingerprint density at radius 2 is 1.04 bits per heavy atom. The van der Waals surface area contributed by atoms with E-state index in [1.165, 1.54) is 37.0 Å². The van der Waals surface area contributed by atoms with Crippen molar-refractivity contribution < 1.29 is 9.47 Å². The summed E-state index contributed by atoms with van der Waals surface area (Å²) in [5.41, 5.74) is 7.87. The molecule has 0 unspecified atom stereocenters. The number of nitrogens with zero attached hydrogens (tertiary/aromatic N) is 1. The van der Waals surface area contributed by atoms with Gasteiger partial charge in [0.1, 0.15) is 8.07 Å². The van der Waals surface area contributed by atoms with Gasteiger partial charge in [-0.2, -0.15) is 0 Å². The molecule has 0 spiro atoms. The van der Waals surface area contributed by atoms with Crippen LogP contribution in [-0.4, -0.2) is 8.07 Å². The highest BCUT2D eigenvalue weighted by Gasteiger charge is 2.37. The van der Waals surface area contributed by atoms with Crippen LogP contribution in [-0.2, 0) is 0 Å². The Kier molecular flexibility index (Phi) is 7.19. The first kappa shape index (κ1) is 29.6. The molecule has 0 radical (unpaired) electrons. The Balaban J connectivity index is 1.15. The third-order valence-corrected chi connectivity index (χ3v) is 14.7. The van der Waals surface area contributed by atoms with Crippen LogP contribution in [0.1, 0.15) is 0 Å². The second-order valence-electron chi connectivity index (χ2n) is 13.0. The first-order valence-corrected chi connectivity index (χ1v) is 20.4. The van der Waals surface area contributed by atoms with Crippen LogP contribution in [0.3, 0.4) is 0 Å². The van der Waals surface area contributed by atoms with Crippen LogP contribution >= 0.6 is 11.8 Å². The maximum atomic E-state index is 6.40. The van der Waals surface area contributed by atoms with Crippen LogP contribution in [0.5, 0.6) is 23.0 Å². The molecule has 0 atom stereocenters. The minimum Gasteiger partial charge on any atom is -0.449 e.